The summed E-state index contributed by atoms with van der Waals surface area (Å²) in [4.78, 5) is 30.0. The Bertz CT molecular complexity index is 650. The molecule has 2 aromatic heterocycles. The van der Waals surface area contributed by atoms with Gasteiger partial charge in [-0.05, 0) is 20.8 Å². The van der Waals surface area contributed by atoms with Gasteiger partial charge in [-0.15, -0.1) is 16.4 Å². The van der Waals surface area contributed by atoms with E-state index in [2.05, 4.69) is 20.6 Å². The Balaban J connectivity index is 1.96. The van der Waals surface area contributed by atoms with Gasteiger partial charge in [-0.1, -0.05) is 5.21 Å². The van der Waals surface area contributed by atoms with Crippen LogP contribution < -0.4 is 5.32 Å². The number of hydrogen-bond donors (Lipinski definition) is 1. The normalized spacial score (nSPS) is 12.0. The van der Waals surface area contributed by atoms with Crippen molar-refractivity contribution in [2.75, 3.05) is 13.1 Å². The van der Waals surface area contributed by atoms with Crippen LogP contribution in [0.25, 0.3) is 0 Å². The molecule has 0 spiro atoms. The summed E-state index contributed by atoms with van der Waals surface area (Å²) in [6.45, 7) is 7.05. The molecule has 0 aromatic carbocycles. The fourth-order valence-electron chi connectivity index (χ4n) is 2.08. The molecule has 1 unspecified atom stereocenters. The Labute approximate surface area is 138 Å². The maximum absolute atomic E-state index is 12.2. The lowest BCUT2D eigenvalue weighted by Gasteiger charge is -2.17. The largest absolute Gasteiger partial charge is 0.342 e. The Kier molecular flexibility index (Phi) is 5.80. The molecule has 9 heteroatoms. The van der Waals surface area contributed by atoms with Gasteiger partial charge in [-0.25, -0.2) is 9.67 Å². The van der Waals surface area contributed by atoms with Crippen LogP contribution in [0, 0.1) is 0 Å². The van der Waals surface area contributed by atoms with Crippen LogP contribution in [0.2, 0.25) is 0 Å². The molecule has 2 amide bonds. The maximum atomic E-state index is 12.2. The van der Waals surface area contributed by atoms with Crippen LogP contribution >= 0.6 is 11.3 Å². The lowest BCUT2D eigenvalue weighted by Crippen LogP contribution is -2.33. The summed E-state index contributed by atoms with van der Waals surface area (Å²) in [6, 6.07) is -0.204. The van der Waals surface area contributed by atoms with Crippen molar-refractivity contribution in [3.8, 4) is 0 Å². The highest BCUT2D eigenvalue weighted by atomic mass is 32.1. The van der Waals surface area contributed by atoms with Crippen LogP contribution in [0.4, 0.5) is 0 Å². The average molecular weight is 336 g/mol. The van der Waals surface area contributed by atoms with Crippen molar-refractivity contribution < 1.29 is 9.59 Å². The van der Waals surface area contributed by atoms with Gasteiger partial charge in [0, 0.05) is 24.7 Å². The van der Waals surface area contributed by atoms with Crippen LogP contribution in [0.15, 0.2) is 17.8 Å². The van der Waals surface area contributed by atoms with Crippen LogP contribution in [-0.4, -0.2) is 49.8 Å². The molecule has 0 saturated heterocycles. The Hall–Kier alpha value is -2.29. The van der Waals surface area contributed by atoms with E-state index in [9.17, 15) is 9.59 Å². The van der Waals surface area contributed by atoms with E-state index in [0.717, 1.165) is 5.01 Å². The highest BCUT2D eigenvalue weighted by molar-refractivity contribution is 7.09. The number of carbonyl (C=O) groups is 2. The molecule has 124 valence electrons. The number of amides is 2. The molecule has 1 N–H and O–H groups in total. The minimum Gasteiger partial charge on any atom is -0.342 e. The van der Waals surface area contributed by atoms with Gasteiger partial charge in [0.25, 0.3) is 5.91 Å². The maximum Gasteiger partial charge on any atom is 0.274 e. The molecule has 2 heterocycles. The second-order valence-corrected chi connectivity index (χ2v) is 5.86. The number of likely N-dealkylation sites (N-methyl/N-ethyl adjacent to an activating group) is 1. The number of thiazole rings is 1. The van der Waals surface area contributed by atoms with Crippen molar-refractivity contribution in [3.63, 3.8) is 0 Å². The number of carbonyl (C=O) groups excluding carboxylic acids is 2. The number of nitrogens with one attached hydrogen (secondary N) is 1. The Morgan fingerprint density at radius 1 is 1.39 bits per heavy atom. The van der Waals surface area contributed by atoms with Gasteiger partial charge < -0.3 is 10.2 Å². The van der Waals surface area contributed by atoms with Crippen LogP contribution in [-0.2, 0) is 11.3 Å². The number of nitrogens with zero attached hydrogens (tertiary/aromatic N) is 5. The predicted molar refractivity (Wildman–Crippen MR) is 85.9 cm³/mol. The summed E-state index contributed by atoms with van der Waals surface area (Å²) in [7, 11) is 0. The summed E-state index contributed by atoms with van der Waals surface area (Å²) >= 11 is 1.47. The lowest BCUT2D eigenvalue weighted by atomic mass is 10.3. The fourth-order valence-corrected chi connectivity index (χ4v) is 2.72. The quantitative estimate of drug-likeness (QED) is 0.817. The number of aromatic nitrogens is 4. The molecular weight excluding hydrogens is 316 g/mol. The van der Waals surface area contributed by atoms with E-state index in [1.165, 1.54) is 22.2 Å². The first kappa shape index (κ1) is 17.1. The molecule has 0 aliphatic rings. The van der Waals surface area contributed by atoms with Crippen LogP contribution in [0.5, 0.6) is 0 Å². The van der Waals surface area contributed by atoms with E-state index in [1.807, 2.05) is 26.2 Å². The summed E-state index contributed by atoms with van der Waals surface area (Å²) in [6.07, 6.45) is 3.17. The van der Waals surface area contributed by atoms with Gasteiger partial charge in [-0.3, -0.25) is 9.59 Å². The molecule has 1 atom stereocenters. The van der Waals surface area contributed by atoms with Crippen molar-refractivity contribution in [2.24, 2.45) is 0 Å². The highest BCUT2D eigenvalue weighted by Crippen LogP contribution is 2.14. The monoisotopic (exact) mass is 336 g/mol. The minimum atomic E-state index is -0.339. The van der Waals surface area contributed by atoms with Crippen LogP contribution in [0.3, 0.4) is 0 Å². The molecule has 0 aliphatic heterocycles. The van der Waals surface area contributed by atoms with Gasteiger partial charge in [0.15, 0.2) is 5.69 Å². The topological polar surface area (TPSA) is 93.0 Å². The summed E-state index contributed by atoms with van der Waals surface area (Å²) < 4.78 is 1.38. The molecule has 23 heavy (non-hydrogen) atoms. The van der Waals surface area contributed by atoms with E-state index in [1.54, 1.807) is 11.1 Å². The van der Waals surface area contributed by atoms with Gasteiger partial charge in [-0.2, -0.15) is 0 Å². The van der Waals surface area contributed by atoms with Crippen molar-refractivity contribution in [2.45, 2.75) is 33.4 Å². The zero-order valence-corrected chi connectivity index (χ0v) is 14.2. The van der Waals surface area contributed by atoms with E-state index in [0.29, 0.717) is 13.1 Å². The van der Waals surface area contributed by atoms with Crippen molar-refractivity contribution in [1.82, 2.24) is 30.2 Å². The first-order valence-electron chi connectivity index (χ1n) is 7.43. The molecule has 0 fully saturated rings. The van der Waals surface area contributed by atoms with Gasteiger partial charge in [0.2, 0.25) is 5.91 Å². The first-order valence-corrected chi connectivity index (χ1v) is 8.31. The average Bonchev–Trinajstić information content (AvgIpc) is 3.19. The molecule has 0 saturated carbocycles. The summed E-state index contributed by atoms with van der Waals surface area (Å²) in [5.41, 5.74) is 0.181. The SMILES string of the molecule is CCN(CC)C(=O)Cn1cc(C(=O)NC(C)c2nccs2)nn1. The zero-order chi connectivity index (χ0) is 16.8. The van der Waals surface area contributed by atoms with E-state index in [-0.39, 0.29) is 30.1 Å². The fraction of sp³-hybridized carbons (Fsp3) is 0.500. The molecule has 0 bridgehead atoms. The predicted octanol–water partition coefficient (Wildman–Crippen LogP) is 1.09. The second-order valence-electron chi connectivity index (χ2n) is 4.93. The number of rotatable bonds is 7. The Morgan fingerprint density at radius 2 is 2.13 bits per heavy atom. The van der Waals surface area contributed by atoms with Crippen molar-refractivity contribution in [3.05, 3.63) is 28.5 Å². The Morgan fingerprint density at radius 3 is 2.74 bits per heavy atom. The lowest BCUT2D eigenvalue weighted by molar-refractivity contribution is -0.131. The van der Waals surface area contributed by atoms with E-state index < -0.39 is 0 Å². The van der Waals surface area contributed by atoms with Crippen molar-refractivity contribution in [1.29, 1.82) is 0 Å². The van der Waals surface area contributed by atoms with E-state index in [4.69, 9.17) is 0 Å². The molecular formula is C14H20N6O2S. The smallest absolute Gasteiger partial charge is 0.274 e. The molecule has 2 rings (SSSR count). The molecule has 2 aromatic rings. The van der Waals surface area contributed by atoms with Crippen molar-refractivity contribution >= 4 is 23.2 Å². The first-order chi connectivity index (χ1) is 11.0. The summed E-state index contributed by atoms with van der Waals surface area (Å²) in [5, 5.41) is 13.2. The third kappa shape index (κ3) is 4.35. The van der Waals surface area contributed by atoms with Gasteiger partial charge >= 0.3 is 0 Å². The minimum absolute atomic E-state index is 0.0528. The molecule has 8 nitrogen and oxygen atoms in total. The van der Waals surface area contributed by atoms with Gasteiger partial charge in [0.05, 0.1) is 12.2 Å². The third-order valence-electron chi connectivity index (χ3n) is 3.35. The summed E-state index contributed by atoms with van der Waals surface area (Å²) in [5.74, 6) is -0.391. The highest BCUT2D eigenvalue weighted by Gasteiger charge is 2.17. The number of hydrogen-bond acceptors (Lipinski definition) is 6. The standard InChI is InChI=1S/C14H20N6O2S/c1-4-19(5-2)12(21)9-20-8-11(17-18-20)13(22)16-10(3)14-15-6-7-23-14/h6-8,10H,4-5,9H2,1-3H3,(H,16,22). The molecule has 0 radical (unpaired) electrons. The third-order valence-corrected chi connectivity index (χ3v) is 4.31. The zero-order valence-electron chi connectivity index (χ0n) is 13.4. The van der Waals surface area contributed by atoms with Gasteiger partial charge in [0.1, 0.15) is 11.6 Å². The second kappa shape index (κ2) is 7.82. The van der Waals surface area contributed by atoms with Crippen LogP contribution in [0.1, 0.15) is 42.3 Å². The molecule has 0 aliphatic carbocycles. The van der Waals surface area contributed by atoms with E-state index >= 15 is 0 Å².